The second-order valence-electron chi connectivity index (χ2n) is 10.8. The van der Waals surface area contributed by atoms with Crippen molar-refractivity contribution in [2.24, 2.45) is 29.7 Å². The maximum absolute atomic E-state index is 12.5. The second kappa shape index (κ2) is 8.13. The molecule has 2 aromatic heterocycles. The number of nitrogens with two attached hydrogens (primary N) is 1. The van der Waals surface area contributed by atoms with Gasteiger partial charge in [-0.1, -0.05) is 43.0 Å². The van der Waals surface area contributed by atoms with Crippen molar-refractivity contribution in [3.05, 3.63) is 36.0 Å². The van der Waals surface area contributed by atoms with Crippen LogP contribution in [0.25, 0.3) is 11.2 Å². The number of nitrogen functional groups attached to an aromatic ring is 1. The third-order valence-corrected chi connectivity index (χ3v) is 8.93. The summed E-state index contributed by atoms with van der Waals surface area (Å²) in [7, 11) is 1.98. The predicted molar refractivity (Wildman–Crippen MR) is 128 cm³/mol. The lowest BCUT2D eigenvalue weighted by molar-refractivity contribution is -0.647. The average molecular weight is 437 g/mol. The number of ketones is 1. The van der Waals surface area contributed by atoms with Crippen LogP contribution in [0.15, 0.2) is 36.0 Å². The fraction of sp³-hybridized carbons (Fsp3) is 0.615. The van der Waals surface area contributed by atoms with Crippen LogP contribution in [0.1, 0.15) is 66.7 Å². The quantitative estimate of drug-likeness (QED) is 0.551. The molecule has 6 heteroatoms. The Kier molecular flexibility index (Phi) is 5.76. The number of aromatic nitrogens is 4. The Morgan fingerprint density at radius 3 is 2.88 bits per heavy atom. The van der Waals surface area contributed by atoms with Gasteiger partial charge in [-0.15, -0.1) is 0 Å². The Labute approximate surface area is 191 Å². The second-order valence-corrected chi connectivity index (χ2v) is 10.8. The number of carbonyl (C=O) groups excluding carboxylic acids is 1. The minimum absolute atomic E-state index is 0.156. The standard InChI is InChI=1S/C26H38N5O/c1-17(9-12-31-16-30(6)24-22(31)23(27)28-15-29-24)7-10-25(4)18(2)8-11-26(5)19(3)13-20(32)14-21(25)26/h9,13,15-16,18,21H,7-8,10-12,14H2,1-6H3,(H2,27,28,29)/q+1/t18-,21-,25+,26+/m1/s1. The molecule has 0 saturated heterocycles. The summed E-state index contributed by atoms with van der Waals surface area (Å²) in [5.74, 6) is 1.87. The van der Waals surface area contributed by atoms with Crippen molar-refractivity contribution in [1.29, 1.82) is 0 Å². The molecule has 0 aromatic carbocycles. The molecule has 32 heavy (non-hydrogen) atoms. The molecule has 2 aromatic rings. The Morgan fingerprint density at radius 1 is 1.38 bits per heavy atom. The lowest BCUT2D eigenvalue weighted by atomic mass is 9.47. The highest BCUT2D eigenvalue weighted by atomic mass is 16.1. The molecule has 2 N–H and O–H groups in total. The summed E-state index contributed by atoms with van der Waals surface area (Å²) in [5.41, 5.74) is 10.8. The third kappa shape index (κ3) is 3.67. The minimum atomic E-state index is 0.156. The Bertz CT molecular complexity index is 1110. The number of anilines is 1. The largest absolute Gasteiger partial charge is 0.380 e. The summed E-state index contributed by atoms with van der Waals surface area (Å²) in [4.78, 5) is 21.0. The van der Waals surface area contributed by atoms with Crippen LogP contribution in [-0.2, 0) is 18.4 Å². The molecule has 0 aliphatic heterocycles. The molecule has 2 aliphatic rings. The van der Waals surface area contributed by atoms with E-state index in [9.17, 15) is 4.79 Å². The van der Waals surface area contributed by atoms with Crippen molar-refractivity contribution < 1.29 is 9.36 Å². The van der Waals surface area contributed by atoms with Gasteiger partial charge < -0.3 is 5.73 Å². The molecule has 2 aliphatic carbocycles. The van der Waals surface area contributed by atoms with Gasteiger partial charge in [0.1, 0.15) is 0 Å². The van der Waals surface area contributed by atoms with Crippen molar-refractivity contribution in [2.75, 3.05) is 5.73 Å². The van der Waals surface area contributed by atoms with Crippen molar-refractivity contribution in [2.45, 2.75) is 73.3 Å². The van der Waals surface area contributed by atoms with Crippen LogP contribution in [0.4, 0.5) is 5.82 Å². The summed E-state index contributed by atoms with van der Waals surface area (Å²) in [6, 6.07) is 0. The molecule has 4 rings (SSSR count). The fourth-order valence-corrected chi connectivity index (χ4v) is 6.31. The number of nitrogens with zero attached hydrogens (tertiary/aromatic N) is 4. The summed E-state index contributed by atoms with van der Waals surface area (Å²) in [5, 5.41) is 0. The number of fused-ring (bicyclic) bond motifs is 2. The number of aryl methyl sites for hydroxylation is 1. The van der Waals surface area contributed by atoms with E-state index >= 15 is 0 Å². The monoisotopic (exact) mass is 436 g/mol. The summed E-state index contributed by atoms with van der Waals surface area (Å²) in [6.45, 7) is 12.4. The van der Waals surface area contributed by atoms with E-state index < -0.39 is 0 Å². The van der Waals surface area contributed by atoms with Crippen LogP contribution < -0.4 is 10.3 Å². The van der Waals surface area contributed by atoms with E-state index in [-0.39, 0.29) is 10.8 Å². The number of hydrogen-bond acceptors (Lipinski definition) is 4. The van der Waals surface area contributed by atoms with E-state index in [1.165, 1.54) is 30.3 Å². The zero-order valence-electron chi connectivity index (χ0n) is 20.5. The van der Waals surface area contributed by atoms with Crippen LogP contribution in [0.3, 0.4) is 0 Å². The maximum atomic E-state index is 12.5. The molecule has 0 radical (unpaired) electrons. The van der Waals surface area contributed by atoms with Gasteiger partial charge in [-0.2, -0.15) is 4.98 Å². The van der Waals surface area contributed by atoms with Crippen LogP contribution in [0, 0.1) is 22.7 Å². The lowest BCUT2D eigenvalue weighted by Crippen LogP contribution is -2.50. The number of carbonyl (C=O) groups is 1. The number of hydrogen-bond donors (Lipinski definition) is 1. The maximum Gasteiger partial charge on any atom is 0.307 e. The highest BCUT2D eigenvalue weighted by Crippen LogP contribution is 2.61. The summed E-state index contributed by atoms with van der Waals surface area (Å²) < 4.78 is 4.10. The number of rotatable bonds is 5. The molecule has 0 spiro atoms. The van der Waals surface area contributed by atoms with Gasteiger partial charge >= 0.3 is 5.65 Å². The Morgan fingerprint density at radius 2 is 2.12 bits per heavy atom. The molecular weight excluding hydrogens is 398 g/mol. The zero-order valence-corrected chi connectivity index (χ0v) is 20.5. The van der Waals surface area contributed by atoms with Gasteiger partial charge in [0.15, 0.2) is 24.3 Å². The molecule has 0 bridgehead atoms. The smallest absolute Gasteiger partial charge is 0.307 e. The Balaban J connectivity index is 1.52. The van der Waals surface area contributed by atoms with Gasteiger partial charge in [0.25, 0.3) is 0 Å². The zero-order chi connectivity index (χ0) is 23.3. The van der Waals surface area contributed by atoms with Gasteiger partial charge in [0.2, 0.25) is 5.52 Å². The van der Waals surface area contributed by atoms with Crippen LogP contribution in [0.5, 0.6) is 0 Å². The van der Waals surface area contributed by atoms with Crippen molar-refractivity contribution >= 4 is 22.8 Å². The van der Waals surface area contributed by atoms with Crippen LogP contribution in [0.2, 0.25) is 0 Å². The molecule has 2 heterocycles. The van der Waals surface area contributed by atoms with Crippen LogP contribution in [-0.4, -0.2) is 20.3 Å². The van der Waals surface area contributed by atoms with Gasteiger partial charge in [-0.05, 0) is 68.3 Å². The third-order valence-electron chi connectivity index (χ3n) is 8.93. The normalized spacial score (nSPS) is 31.0. The molecule has 0 unspecified atom stereocenters. The topological polar surface area (TPSA) is 77.7 Å². The van der Waals surface area contributed by atoms with E-state index in [2.05, 4.69) is 55.2 Å². The minimum Gasteiger partial charge on any atom is -0.380 e. The van der Waals surface area contributed by atoms with E-state index in [1.807, 2.05) is 24.0 Å². The van der Waals surface area contributed by atoms with E-state index in [0.29, 0.717) is 29.9 Å². The molecule has 0 amide bonds. The summed E-state index contributed by atoms with van der Waals surface area (Å²) in [6.07, 6.45) is 13.0. The molecule has 4 atom stereocenters. The first-order valence-corrected chi connectivity index (χ1v) is 11.9. The highest BCUT2D eigenvalue weighted by Gasteiger charge is 2.54. The lowest BCUT2D eigenvalue weighted by Gasteiger charge is -2.57. The first-order valence-electron chi connectivity index (χ1n) is 11.9. The first kappa shape index (κ1) is 22.7. The van der Waals surface area contributed by atoms with E-state index in [4.69, 9.17) is 5.73 Å². The van der Waals surface area contributed by atoms with Crippen LogP contribution >= 0.6 is 0 Å². The average Bonchev–Trinajstić information content (AvgIpc) is 3.07. The molecule has 1 saturated carbocycles. The highest BCUT2D eigenvalue weighted by molar-refractivity contribution is 5.92. The van der Waals surface area contributed by atoms with Gasteiger partial charge in [-0.3, -0.25) is 9.36 Å². The first-order chi connectivity index (χ1) is 15.1. The predicted octanol–water partition coefficient (Wildman–Crippen LogP) is 4.54. The molecule has 1 fully saturated rings. The van der Waals surface area contributed by atoms with E-state index in [0.717, 1.165) is 30.6 Å². The molecule has 172 valence electrons. The SMILES string of the molecule is CC(=CCn1c[n+](C)c2ncnc(N)c21)CC[C@@]1(C)[C@H](C)CC[C@@]2(C)C(C)=CC(=O)C[C@H]12. The van der Waals surface area contributed by atoms with Gasteiger partial charge in [0, 0.05) is 6.42 Å². The number of allylic oxidation sites excluding steroid dienone is 4. The fourth-order valence-electron chi connectivity index (χ4n) is 6.31. The summed E-state index contributed by atoms with van der Waals surface area (Å²) >= 11 is 0. The molecular formula is C26H38N5O+. The van der Waals surface area contributed by atoms with Crippen molar-refractivity contribution in [3.8, 4) is 0 Å². The molecule has 6 nitrogen and oxygen atoms in total. The van der Waals surface area contributed by atoms with Gasteiger partial charge in [0.05, 0.1) is 13.6 Å². The number of imidazole rings is 1. The van der Waals surface area contributed by atoms with Gasteiger partial charge in [-0.25, -0.2) is 4.57 Å². The Hall–Kier alpha value is -2.50. The van der Waals surface area contributed by atoms with E-state index in [1.54, 1.807) is 0 Å². The van der Waals surface area contributed by atoms with Crippen molar-refractivity contribution in [3.63, 3.8) is 0 Å². The van der Waals surface area contributed by atoms with Crippen molar-refractivity contribution in [1.82, 2.24) is 14.5 Å².